The number of rotatable bonds is 3. The number of likely N-dealkylation sites (tertiary alicyclic amines) is 1. The number of amides is 2. The number of carbonyl (C=O) groups is 2. The van der Waals surface area contributed by atoms with Crippen molar-refractivity contribution >= 4 is 11.8 Å². The molecule has 1 heterocycles. The Morgan fingerprint density at radius 1 is 1.42 bits per heavy atom. The van der Waals surface area contributed by atoms with Gasteiger partial charge in [-0.05, 0) is 18.2 Å². The maximum absolute atomic E-state index is 13.5. The number of nitrogens with two attached hydrogens (primary N) is 1. The highest BCUT2D eigenvalue weighted by Crippen LogP contribution is 2.23. The second-order valence-corrected chi connectivity index (χ2v) is 4.72. The van der Waals surface area contributed by atoms with Crippen molar-refractivity contribution in [2.75, 3.05) is 6.54 Å². The molecule has 0 spiro atoms. The highest BCUT2D eigenvalue weighted by Gasteiger charge is 2.36. The van der Waals surface area contributed by atoms with Crippen LogP contribution in [0.2, 0.25) is 0 Å². The summed E-state index contributed by atoms with van der Waals surface area (Å²) in [5, 5.41) is 0. The van der Waals surface area contributed by atoms with Crippen molar-refractivity contribution < 1.29 is 18.4 Å². The van der Waals surface area contributed by atoms with Gasteiger partial charge >= 0.3 is 0 Å². The van der Waals surface area contributed by atoms with Gasteiger partial charge in [-0.25, -0.2) is 8.78 Å². The van der Waals surface area contributed by atoms with E-state index in [1.54, 1.807) is 6.92 Å². The van der Waals surface area contributed by atoms with Gasteiger partial charge in [0.05, 0.1) is 6.04 Å². The van der Waals surface area contributed by atoms with Crippen LogP contribution in [0.25, 0.3) is 0 Å². The number of hydrogen-bond acceptors (Lipinski definition) is 3. The standard InChI is InChI=1S/C13H14F2N2O2/c1-7-4-12(18)17(13(7)19)6-11(16)9-5-8(14)2-3-10(9)15/h2-3,5,7,11H,4,6,16H2,1H3. The van der Waals surface area contributed by atoms with Gasteiger partial charge < -0.3 is 5.73 Å². The van der Waals surface area contributed by atoms with E-state index in [2.05, 4.69) is 0 Å². The summed E-state index contributed by atoms with van der Waals surface area (Å²) in [5.74, 6) is -2.29. The molecule has 1 aromatic carbocycles. The van der Waals surface area contributed by atoms with E-state index in [4.69, 9.17) is 5.73 Å². The van der Waals surface area contributed by atoms with Gasteiger partial charge in [-0.2, -0.15) is 0 Å². The Labute approximate surface area is 109 Å². The van der Waals surface area contributed by atoms with Crippen molar-refractivity contribution in [2.45, 2.75) is 19.4 Å². The molecule has 2 atom stereocenters. The van der Waals surface area contributed by atoms with Gasteiger partial charge in [0, 0.05) is 24.4 Å². The quantitative estimate of drug-likeness (QED) is 0.842. The summed E-state index contributed by atoms with van der Waals surface area (Å²) >= 11 is 0. The summed E-state index contributed by atoms with van der Waals surface area (Å²) in [4.78, 5) is 24.3. The molecule has 4 nitrogen and oxygen atoms in total. The van der Waals surface area contributed by atoms with E-state index in [-0.39, 0.29) is 36.3 Å². The van der Waals surface area contributed by atoms with Crippen molar-refractivity contribution in [1.29, 1.82) is 0 Å². The lowest BCUT2D eigenvalue weighted by molar-refractivity contribution is -0.139. The highest BCUT2D eigenvalue weighted by molar-refractivity contribution is 6.03. The molecule has 1 saturated heterocycles. The summed E-state index contributed by atoms with van der Waals surface area (Å²) in [6.45, 7) is 1.51. The fraction of sp³-hybridized carbons (Fsp3) is 0.385. The minimum absolute atomic E-state index is 0.0415. The SMILES string of the molecule is CC1CC(=O)N(CC(N)c2cc(F)ccc2F)C1=O. The molecule has 0 saturated carbocycles. The molecule has 19 heavy (non-hydrogen) atoms. The molecule has 1 aliphatic heterocycles. The summed E-state index contributed by atoms with van der Waals surface area (Å²) in [6.07, 6.45) is 0.136. The number of nitrogens with zero attached hydrogens (tertiary/aromatic N) is 1. The molecule has 0 aliphatic carbocycles. The van der Waals surface area contributed by atoms with Gasteiger partial charge in [-0.15, -0.1) is 0 Å². The zero-order valence-corrected chi connectivity index (χ0v) is 10.4. The fourth-order valence-electron chi connectivity index (χ4n) is 2.13. The van der Waals surface area contributed by atoms with Crippen LogP contribution in [-0.4, -0.2) is 23.3 Å². The molecule has 1 aliphatic rings. The number of imide groups is 1. The van der Waals surface area contributed by atoms with E-state index < -0.39 is 17.7 Å². The zero-order valence-electron chi connectivity index (χ0n) is 10.4. The van der Waals surface area contributed by atoms with Crippen LogP contribution in [0.3, 0.4) is 0 Å². The van der Waals surface area contributed by atoms with E-state index in [9.17, 15) is 18.4 Å². The lowest BCUT2D eigenvalue weighted by Crippen LogP contribution is -2.37. The molecular formula is C13H14F2N2O2. The first-order valence-corrected chi connectivity index (χ1v) is 5.95. The maximum Gasteiger partial charge on any atom is 0.232 e. The second-order valence-electron chi connectivity index (χ2n) is 4.72. The summed E-state index contributed by atoms with van der Waals surface area (Å²) in [7, 11) is 0. The Hall–Kier alpha value is -1.82. The van der Waals surface area contributed by atoms with Crippen LogP contribution < -0.4 is 5.73 Å². The average Bonchev–Trinajstić information content (AvgIpc) is 2.59. The molecule has 1 fully saturated rings. The number of benzene rings is 1. The van der Waals surface area contributed by atoms with Crippen molar-refractivity contribution in [3.8, 4) is 0 Å². The first kappa shape index (κ1) is 13.6. The molecule has 0 bridgehead atoms. The number of carbonyl (C=O) groups excluding carboxylic acids is 2. The summed E-state index contributed by atoms with van der Waals surface area (Å²) in [6, 6.07) is 2.00. The van der Waals surface area contributed by atoms with Gasteiger partial charge in [0.15, 0.2) is 0 Å². The van der Waals surface area contributed by atoms with E-state index in [0.717, 1.165) is 23.1 Å². The Morgan fingerprint density at radius 2 is 2.11 bits per heavy atom. The minimum atomic E-state index is -0.936. The molecule has 0 radical (unpaired) electrons. The second kappa shape index (κ2) is 5.05. The Bertz CT molecular complexity index is 533. The topological polar surface area (TPSA) is 63.4 Å². The largest absolute Gasteiger partial charge is 0.322 e. The van der Waals surface area contributed by atoms with Crippen molar-refractivity contribution in [3.63, 3.8) is 0 Å². The predicted molar refractivity (Wildman–Crippen MR) is 63.8 cm³/mol. The van der Waals surface area contributed by atoms with Crippen molar-refractivity contribution in [3.05, 3.63) is 35.4 Å². The van der Waals surface area contributed by atoms with E-state index in [0.29, 0.717) is 0 Å². The van der Waals surface area contributed by atoms with E-state index >= 15 is 0 Å². The van der Waals surface area contributed by atoms with Crippen LogP contribution in [0.5, 0.6) is 0 Å². The average molecular weight is 268 g/mol. The first-order chi connectivity index (χ1) is 8.90. The monoisotopic (exact) mass is 268 g/mol. The molecule has 102 valence electrons. The van der Waals surface area contributed by atoms with E-state index in [1.807, 2.05) is 0 Å². The Morgan fingerprint density at radius 3 is 2.68 bits per heavy atom. The van der Waals surface area contributed by atoms with Crippen LogP contribution in [0, 0.1) is 17.6 Å². The Kier molecular flexibility index (Phi) is 3.61. The van der Waals surface area contributed by atoms with Gasteiger partial charge in [0.1, 0.15) is 11.6 Å². The van der Waals surface area contributed by atoms with Gasteiger partial charge in [-0.1, -0.05) is 6.92 Å². The number of hydrogen-bond donors (Lipinski definition) is 1. The van der Waals surface area contributed by atoms with Crippen LogP contribution in [0.4, 0.5) is 8.78 Å². The van der Waals surface area contributed by atoms with Crippen LogP contribution in [-0.2, 0) is 9.59 Å². The van der Waals surface area contributed by atoms with Gasteiger partial charge in [0.2, 0.25) is 11.8 Å². The van der Waals surface area contributed by atoms with Crippen LogP contribution >= 0.6 is 0 Å². The van der Waals surface area contributed by atoms with E-state index in [1.165, 1.54) is 0 Å². The Balaban J connectivity index is 2.17. The molecular weight excluding hydrogens is 254 g/mol. The zero-order chi connectivity index (χ0) is 14.2. The lowest BCUT2D eigenvalue weighted by Gasteiger charge is -2.20. The normalized spacial score (nSPS) is 21.1. The van der Waals surface area contributed by atoms with Crippen LogP contribution in [0.1, 0.15) is 24.9 Å². The van der Waals surface area contributed by atoms with Crippen molar-refractivity contribution in [2.24, 2.45) is 11.7 Å². The molecule has 2 N–H and O–H groups in total. The first-order valence-electron chi connectivity index (χ1n) is 5.95. The third kappa shape index (κ3) is 2.63. The molecule has 2 unspecified atom stereocenters. The lowest BCUT2D eigenvalue weighted by atomic mass is 10.1. The van der Waals surface area contributed by atoms with Crippen LogP contribution in [0.15, 0.2) is 18.2 Å². The number of halogens is 2. The summed E-state index contributed by atoms with van der Waals surface area (Å²) in [5.41, 5.74) is 5.72. The minimum Gasteiger partial charge on any atom is -0.322 e. The predicted octanol–water partition coefficient (Wildman–Crippen LogP) is 1.36. The molecule has 1 aromatic rings. The fourth-order valence-corrected chi connectivity index (χ4v) is 2.13. The third-order valence-electron chi connectivity index (χ3n) is 3.21. The molecule has 2 amide bonds. The maximum atomic E-state index is 13.5. The molecule has 6 heteroatoms. The smallest absolute Gasteiger partial charge is 0.232 e. The van der Waals surface area contributed by atoms with Gasteiger partial charge in [0.25, 0.3) is 0 Å². The third-order valence-corrected chi connectivity index (χ3v) is 3.21. The van der Waals surface area contributed by atoms with Gasteiger partial charge in [-0.3, -0.25) is 14.5 Å². The highest BCUT2D eigenvalue weighted by atomic mass is 19.1. The molecule has 2 rings (SSSR count). The summed E-state index contributed by atoms with van der Waals surface area (Å²) < 4.78 is 26.6. The molecule has 0 aromatic heterocycles. The van der Waals surface area contributed by atoms with Crippen molar-refractivity contribution in [1.82, 2.24) is 4.90 Å².